The first kappa shape index (κ1) is 20.9. The minimum Gasteiger partial charge on any atom is -0.341 e. The summed E-state index contributed by atoms with van der Waals surface area (Å²) in [4.78, 5) is 12.7. The van der Waals surface area contributed by atoms with Gasteiger partial charge in [0.2, 0.25) is 15.9 Å². The molecule has 0 bridgehead atoms. The third-order valence-corrected chi connectivity index (χ3v) is 6.30. The Morgan fingerprint density at radius 3 is 2.45 bits per heavy atom. The van der Waals surface area contributed by atoms with Crippen LogP contribution >= 0.6 is 0 Å². The quantitative estimate of drug-likeness (QED) is 0.485. The van der Waals surface area contributed by atoms with E-state index in [1.807, 2.05) is 30.3 Å². The van der Waals surface area contributed by atoms with Crippen LogP contribution in [0.2, 0.25) is 0 Å². The maximum absolute atomic E-state index is 13.6. The molecule has 4 rings (SSSR count). The van der Waals surface area contributed by atoms with E-state index in [1.54, 1.807) is 6.07 Å². The minimum absolute atomic E-state index is 0.0964. The molecule has 3 aromatic carbocycles. The molecule has 0 aliphatic carbocycles. The number of para-hydroxylation sites is 1. The first-order chi connectivity index (χ1) is 14.8. The van der Waals surface area contributed by atoms with Crippen molar-refractivity contribution in [2.75, 3.05) is 22.4 Å². The summed E-state index contributed by atoms with van der Waals surface area (Å²) in [6, 6.07) is 18.8. The van der Waals surface area contributed by atoms with Crippen LogP contribution in [0.4, 0.5) is 15.8 Å². The minimum atomic E-state index is -3.78. The van der Waals surface area contributed by atoms with E-state index in [1.165, 1.54) is 18.2 Å². The molecule has 1 heterocycles. The van der Waals surface area contributed by atoms with Crippen molar-refractivity contribution in [1.29, 1.82) is 0 Å². The maximum Gasteiger partial charge on any atom is 0.245 e. The number of halogens is 1. The zero-order valence-corrected chi connectivity index (χ0v) is 18.0. The van der Waals surface area contributed by atoms with Crippen LogP contribution in [-0.2, 0) is 21.4 Å². The Morgan fingerprint density at radius 2 is 1.74 bits per heavy atom. The largest absolute Gasteiger partial charge is 0.341 e. The van der Waals surface area contributed by atoms with E-state index in [0.29, 0.717) is 5.69 Å². The highest BCUT2D eigenvalue weighted by atomic mass is 32.2. The van der Waals surface area contributed by atoms with E-state index >= 15 is 0 Å². The number of aromatic nitrogens is 1. The molecular weight excluding hydrogens is 417 g/mol. The SMILES string of the molecule is CCn1c2ccccc2c2cc(NC(=O)CN(c3cccc(F)c3)S(C)(=O)=O)ccc21. The van der Waals surface area contributed by atoms with Crippen LogP contribution in [0.3, 0.4) is 0 Å². The average molecular weight is 440 g/mol. The second kappa shape index (κ2) is 8.03. The highest BCUT2D eigenvalue weighted by Crippen LogP contribution is 2.31. The van der Waals surface area contributed by atoms with E-state index in [9.17, 15) is 17.6 Å². The fraction of sp³-hybridized carbons (Fsp3) is 0.174. The first-order valence-corrected chi connectivity index (χ1v) is 11.7. The highest BCUT2D eigenvalue weighted by Gasteiger charge is 2.21. The lowest BCUT2D eigenvalue weighted by Crippen LogP contribution is -2.37. The number of carbonyl (C=O) groups excluding carboxylic acids is 1. The van der Waals surface area contributed by atoms with E-state index in [2.05, 4.69) is 22.9 Å². The lowest BCUT2D eigenvalue weighted by Gasteiger charge is -2.22. The molecule has 0 saturated carbocycles. The Hall–Kier alpha value is -3.39. The van der Waals surface area contributed by atoms with Crippen LogP contribution in [0.5, 0.6) is 0 Å². The number of amides is 1. The van der Waals surface area contributed by atoms with Gasteiger partial charge in [-0.3, -0.25) is 9.10 Å². The molecule has 1 aromatic heterocycles. The Morgan fingerprint density at radius 1 is 1.00 bits per heavy atom. The molecule has 0 atom stereocenters. The molecule has 0 aliphatic heterocycles. The smallest absolute Gasteiger partial charge is 0.245 e. The van der Waals surface area contributed by atoms with Crippen molar-refractivity contribution in [2.24, 2.45) is 0 Å². The van der Waals surface area contributed by atoms with Gasteiger partial charge in [-0.25, -0.2) is 12.8 Å². The van der Waals surface area contributed by atoms with Crippen molar-refractivity contribution >= 4 is 49.1 Å². The van der Waals surface area contributed by atoms with Gasteiger partial charge in [0, 0.05) is 34.0 Å². The zero-order valence-electron chi connectivity index (χ0n) is 17.2. The van der Waals surface area contributed by atoms with Crippen molar-refractivity contribution in [3.63, 3.8) is 0 Å². The molecule has 0 spiro atoms. The zero-order chi connectivity index (χ0) is 22.2. The second-order valence-electron chi connectivity index (χ2n) is 7.29. The molecule has 8 heteroatoms. The molecule has 0 aliphatic rings. The summed E-state index contributed by atoms with van der Waals surface area (Å²) in [6.07, 6.45) is 0.983. The van der Waals surface area contributed by atoms with Gasteiger partial charge in [-0.2, -0.15) is 0 Å². The summed E-state index contributed by atoms with van der Waals surface area (Å²) in [5.41, 5.74) is 2.82. The summed E-state index contributed by atoms with van der Waals surface area (Å²) >= 11 is 0. The number of nitrogens with zero attached hydrogens (tertiary/aromatic N) is 2. The number of hydrogen-bond acceptors (Lipinski definition) is 3. The fourth-order valence-electron chi connectivity index (χ4n) is 3.83. The number of nitrogens with one attached hydrogen (secondary N) is 1. The third kappa shape index (κ3) is 4.11. The van der Waals surface area contributed by atoms with Gasteiger partial charge in [-0.15, -0.1) is 0 Å². The van der Waals surface area contributed by atoms with Gasteiger partial charge in [0.25, 0.3) is 0 Å². The van der Waals surface area contributed by atoms with Gasteiger partial charge in [-0.05, 0) is 49.4 Å². The van der Waals surface area contributed by atoms with E-state index in [4.69, 9.17) is 0 Å². The molecule has 31 heavy (non-hydrogen) atoms. The van der Waals surface area contributed by atoms with Crippen molar-refractivity contribution in [3.8, 4) is 0 Å². The number of aryl methyl sites for hydroxylation is 1. The lowest BCUT2D eigenvalue weighted by molar-refractivity contribution is -0.114. The summed E-state index contributed by atoms with van der Waals surface area (Å²) in [7, 11) is -3.78. The van der Waals surface area contributed by atoms with Gasteiger partial charge in [0.1, 0.15) is 12.4 Å². The number of benzene rings is 3. The van der Waals surface area contributed by atoms with Crippen LogP contribution in [-0.4, -0.2) is 31.7 Å². The number of anilines is 2. The second-order valence-corrected chi connectivity index (χ2v) is 9.20. The molecule has 0 radical (unpaired) electrons. The maximum atomic E-state index is 13.6. The molecule has 0 saturated heterocycles. The Kier molecular flexibility index (Phi) is 5.41. The number of rotatable bonds is 6. The van der Waals surface area contributed by atoms with Crippen LogP contribution in [0, 0.1) is 5.82 Å². The molecule has 6 nitrogen and oxygen atoms in total. The number of sulfonamides is 1. The molecular formula is C23H22FN3O3S. The van der Waals surface area contributed by atoms with Crippen LogP contribution in [0.25, 0.3) is 21.8 Å². The van der Waals surface area contributed by atoms with E-state index in [-0.39, 0.29) is 5.69 Å². The summed E-state index contributed by atoms with van der Waals surface area (Å²) in [6.45, 7) is 2.43. The third-order valence-electron chi connectivity index (χ3n) is 5.16. The summed E-state index contributed by atoms with van der Waals surface area (Å²) < 4.78 is 41.1. The average Bonchev–Trinajstić information content (AvgIpc) is 3.04. The van der Waals surface area contributed by atoms with Crippen molar-refractivity contribution in [3.05, 3.63) is 72.5 Å². The highest BCUT2D eigenvalue weighted by molar-refractivity contribution is 7.92. The number of hydrogen-bond donors (Lipinski definition) is 1. The predicted molar refractivity (Wildman–Crippen MR) is 122 cm³/mol. The topological polar surface area (TPSA) is 71.4 Å². The summed E-state index contributed by atoms with van der Waals surface area (Å²) in [5, 5.41) is 4.84. The van der Waals surface area contributed by atoms with Crippen molar-refractivity contribution < 1.29 is 17.6 Å². The summed E-state index contributed by atoms with van der Waals surface area (Å²) in [5.74, 6) is -1.10. The molecule has 1 amide bonds. The molecule has 0 fully saturated rings. The van der Waals surface area contributed by atoms with Crippen LogP contribution < -0.4 is 9.62 Å². The van der Waals surface area contributed by atoms with Crippen LogP contribution in [0.15, 0.2) is 66.7 Å². The van der Waals surface area contributed by atoms with Crippen molar-refractivity contribution in [1.82, 2.24) is 4.57 Å². The fourth-order valence-corrected chi connectivity index (χ4v) is 4.68. The van der Waals surface area contributed by atoms with Crippen molar-refractivity contribution in [2.45, 2.75) is 13.5 Å². The van der Waals surface area contributed by atoms with Gasteiger partial charge in [0.05, 0.1) is 11.9 Å². The monoisotopic (exact) mass is 439 g/mol. The molecule has 4 aromatic rings. The van der Waals surface area contributed by atoms with E-state index < -0.39 is 28.3 Å². The van der Waals surface area contributed by atoms with E-state index in [0.717, 1.165) is 45.0 Å². The first-order valence-electron chi connectivity index (χ1n) is 9.82. The molecule has 1 N–H and O–H groups in total. The number of carbonyl (C=O) groups is 1. The predicted octanol–water partition coefficient (Wildman–Crippen LogP) is 4.36. The van der Waals surface area contributed by atoms with Gasteiger partial charge in [0.15, 0.2) is 0 Å². The van der Waals surface area contributed by atoms with Gasteiger partial charge >= 0.3 is 0 Å². The van der Waals surface area contributed by atoms with Crippen LogP contribution in [0.1, 0.15) is 6.92 Å². The normalized spacial score (nSPS) is 11.7. The number of fused-ring (bicyclic) bond motifs is 3. The Bertz CT molecular complexity index is 1400. The standard InChI is InChI=1S/C23H22FN3O3S/c1-3-26-21-10-5-4-9-19(21)20-14-17(11-12-22(20)26)25-23(28)15-27(31(2,29)30)18-8-6-7-16(24)13-18/h4-14H,3,15H2,1-2H3,(H,25,28). The Balaban J connectivity index is 1.64. The van der Waals surface area contributed by atoms with Gasteiger partial charge < -0.3 is 9.88 Å². The molecule has 160 valence electrons. The van der Waals surface area contributed by atoms with Gasteiger partial charge in [-0.1, -0.05) is 24.3 Å². The Labute approximate surface area is 179 Å². The lowest BCUT2D eigenvalue weighted by atomic mass is 10.1. The molecule has 0 unspecified atom stereocenters.